The molecule has 1 fully saturated rings. The first kappa shape index (κ1) is 13.7. The van der Waals surface area contributed by atoms with Crippen LogP contribution in [0.4, 0.5) is 0 Å². The van der Waals surface area contributed by atoms with Crippen molar-refractivity contribution in [2.75, 3.05) is 13.1 Å². The van der Waals surface area contributed by atoms with Crippen molar-refractivity contribution in [2.45, 2.75) is 38.8 Å². The summed E-state index contributed by atoms with van der Waals surface area (Å²) < 4.78 is 1.40. The molecule has 2 N–H and O–H groups in total. The standard InChI is InChI=1S/C13H19N5OS/c1-2-11-16-18-12(19)6-10(15-13(18)20-11)8-17-5-3-4-9(14)7-17/h6,9H,2-5,7-8,14H2,1H3. The van der Waals surface area contributed by atoms with Crippen molar-refractivity contribution in [1.82, 2.24) is 19.5 Å². The van der Waals surface area contributed by atoms with Crippen molar-refractivity contribution in [3.63, 3.8) is 0 Å². The molecular formula is C13H19N5OS. The summed E-state index contributed by atoms with van der Waals surface area (Å²) >= 11 is 1.49. The van der Waals surface area contributed by atoms with Crippen molar-refractivity contribution >= 4 is 16.3 Å². The highest BCUT2D eigenvalue weighted by Crippen LogP contribution is 2.14. The number of rotatable bonds is 3. The number of aromatic nitrogens is 3. The Morgan fingerprint density at radius 3 is 3.15 bits per heavy atom. The van der Waals surface area contributed by atoms with Gasteiger partial charge in [0.15, 0.2) is 0 Å². The second-order valence-electron chi connectivity index (χ2n) is 5.27. The second kappa shape index (κ2) is 5.59. The van der Waals surface area contributed by atoms with Crippen molar-refractivity contribution in [3.8, 4) is 0 Å². The Morgan fingerprint density at radius 1 is 1.55 bits per heavy atom. The molecule has 0 spiro atoms. The van der Waals surface area contributed by atoms with Gasteiger partial charge in [-0.05, 0) is 25.8 Å². The number of nitrogens with two attached hydrogens (primary N) is 1. The summed E-state index contributed by atoms with van der Waals surface area (Å²) in [5.74, 6) is 0. The van der Waals surface area contributed by atoms with Gasteiger partial charge in [-0.1, -0.05) is 18.3 Å². The van der Waals surface area contributed by atoms with Gasteiger partial charge in [-0.15, -0.1) is 0 Å². The number of fused-ring (bicyclic) bond motifs is 1. The van der Waals surface area contributed by atoms with Crippen molar-refractivity contribution < 1.29 is 0 Å². The first-order valence-corrected chi connectivity index (χ1v) is 7.84. The Bertz CT molecular complexity index is 664. The van der Waals surface area contributed by atoms with Crippen LogP contribution in [-0.2, 0) is 13.0 Å². The van der Waals surface area contributed by atoms with E-state index in [1.807, 2.05) is 6.92 Å². The first-order valence-electron chi connectivity index (χ1n) is 7.02. The van der Waals surface area contributed by atoms with Crippen molar-refractivity contribution in [2.24, 2.45) is 5.73 Å². The van der Waals surface area contributed by atoms with E-state index in [1.54, 1.807) is 6.07 Å². The van der Waals surface area contributed by atoms with Gasteiger partial charge >= 0.3 is 0 Å². The smallest absolute Gasteiger partial charge is 0.275 e. The van der Waals surface area contributed by atoms with Crippen LogP contribution in [0.2, 0.25) is 0 Å². The molecule has 108 valence electrons. The van der Waals surface area contributed by atoms with E-state index in [4.69, 9.17) is 5.73 Å². The Balaban J connectivity index is 1.86. The molecule has 1 aliphatic rings. The normalized spacial score (nSPS) is 20.6. The van der Waals surface area contributed by atoms with Gasteiger partial charge < -0.3 is 5.73 Å². The lowest BCUT2D eigenvalue weighted by atomic mass is 10.1. The Labute approximate surface area is 121 Å². The molecule has 3 heterocycles. The molecule has 1 aliphatic heterocycles. The summed E-state index contributed by atoms with van der Waals surface area (Å²) in [6, 6.07) is 1.83. The monoisotopic (exact) mass is 293 g/mol. The number of hydrogen-bond donors (Lipinski definition) is 1. The van der Waals surface area contributed by atoms with Crippen LogP contribution in [0.5, 0.6) is 0 Å². The zero-order chi connectivity index (χ0) is 14.1. The fourth-order valence-corrected chi connectivity index (χ4v) is 3.44. The molecule has 1 atom stereocenters. The molecule has 0 aliphatic carbocycles. The molecule has 0 saturated carbocycles. The highest BCUT2D eigenvalue weighted by atomic mass is 32.1. The predicted octanol–water partition coefficient (Wildman–Crippen LogP) is 0.636. The predicted molar refractivity (Wildman–Crippen MR) is 79.0 cm³/mol. The van der Waals surface area contributed by atoms with Crippen molar-refractivity contribution in [3.05, 3.63) is 27.1 Å². The number of nitrogens with zero attached hydrogens (tertiary/aromatic N) is 4. The molecule has 2 aromatic rings. The number of likely N-dealkylation sites (tertiary alicyclic amines) is 1. The van der Waals surface area contributed by atoms with Crippen LogP contribution in [0.3, 0.4) is 0 Å². The number of aryl methyl sites for hydroxylation is 1. The van der Waals surface area contributed by atoms with Gasteiger partial charge in [-0.25, -0.2) is 4.98 Å². The van der Waals surface area contributed by atoms with Crippen LogP contribution in [-0.4, -0.2) is 38.6 Å². The molecular weight excluding hydrogens is 274 g/mol. The molecule has 0 radical (unpaired) electrons. The summed E-state index contributed by atoms with van der Waals surface area (Å²) in [4.78, 5) is 19.6. The van der Waals surface area contributed by atoms with E-state index in [-0.39, 0.29) is 11.6 Å². The molecule has 6 nitrogen and oxygen atoms in total. The summed E-state index contributed by atoms with van der Waals surface area (Å²) in [5, 5.41) is 5.19. The Morgan fingerprint density at radius 2 is 2.40 bits per heavy atom. The summed E-state index contributed by atoms with van der Waals surface area (Å²) in [7, 11) is 0. The van der Waals surface area contributed by atoms with Gasteiger partial charge in [-0.3, -0.25) is 9.69 Å². The summed E-state index contributed by atoms with van der Waals surface area (Å²) in [5.41, 5.74) is 6.70. The van der Waals surface area contributed by atoms with Crippen LogP contribution in [0.15, 0.2) is 10.9 Å². The average Bonchev–Trinajstić information content (AvgIpc) is 2.82. The average molecular weight is 293 g/mol. The van der Waals surface area contributed by atoms with Gasteiger partial charge in [0.1, 0.15) is 5.01 Å². The van der Waals surface area contributed by atoms with Crippen LogP contribution in [0.1, 0.15) is 30.5 Å². The van der Waals surface area contributed by atoms with E-state index in [9.17, 15) is 4.79 Å². The molecule has 0 aromatic carbocycles. The molecule has 0 amide bonds. The minimum absolute atomic E-state index is 0.0951. The molecule has 20 heavy (non-hydrogen) atoms. The van der Waals surface area contributed by atoms with Crippen LogP contribution in [0, 0.1) is 0 Å². The van der Waals surface area contributed by atoms with Gasteiger partial charge in [0.25, 0.3) is 5.56 Å². The third-order valence-corrected chi connectivity index (χ3v) is 4.62. The Hall–Kier alpha value is -1.31. The maximum Gasteiger partial charge on any atom is 0.275 e. The van der Waals surface area contributed by atoms with Crippen LogP contribution < -0.4 is 11.3 Å². The quantitative estimate of drug-likeness (QED) is 0.898. The molecule has 1 unspecified atom stereocenters. The molecule has 1 saturated heterocycles. The lowest BCUT2D eigenvalue weighted by molar-refractivity contribution is 0.199. The molecule has 7 heteroatoms. The number of hydrogen-bond acceptors (Lipinski definition) is 6. The second-order valence-corrected chi connectivity index (χ2v) is 6.31. The van der Waals surface area contributed by atoms with Crippen LogP contribution in [0.25, 0.3) is 4.96 Å². The van der Waals surface area contributed by atoms with Gasteiger partial charge in [0, 0.05) is 25.2 Å². The molecule has 0 bridgehead atoms. The van der Waals surface area contributed by atoms with E-state index in [2.05, 4.69) is 15.0 Å². The SMILES string of the molecule is CCc1nn2c(=O)cc(CN3CCCC(N)C3)nc2s1. The van der Waals surface area contributed by atoms with E-state index in [0.29, 0.717) is 11.5 Å². The fraction of sp³-hybridized carbons (Fsp3) is 0.615. The lowest BCUT2D eigenvalue weighted by Gasteiger charge is -2.30. The summed E-state index contributed by atoms with van der Waals surface area (Å²) in [6.07, 6.45) is 3.02. The topological polar surface area (TPSA) is 76.5 Å². The zero-order valence-corrected chi connectivity index (χ0v) is 12.4. The number of piperidine rings is 1. The first-order chi connectivity index (χ1) is 9.65. The van der Waals surface area contributed by atoms with E-state index < -0.39 is 0 Å². The van der Waals surface area contributed by atoms with Gasteiger partial charge in [0.2, 0.25) is 4.96 Å². The zero-order valence-electron chi connectivity index (χ0n) is 11.6. The van der Waals surface area contributed by atoms with E-state index >= 15 is 0 Å². The largest absolute Gasteiger partial charge is 0.327 e. The highest BCUT2D eigenvalue weighted by Gasteiger charge is 2.18. The molecule has 2 aromatic heterocycles. The maximum absolute atomic E-state index is 12.1. The minimum Gasteiger partial charge on any atom is -0.327 e. The minimum atomic E-state index is -0.0951. The van der Waals surface area contributed by atoms with Crippen LogP contribution >= 0.6 is 11.3 Å². The van der Waals surface area contributed by atoms with Gasteiger partial charge in [-0.2, -0.15) is 9.61 Å². The Kier molecular flexibility index (Phi) is 3.82. The van der Waals surface area contributed by atoms with Gasteiger partial charge in [0.05, 0.1) is 5.69 Å². The van der Waals surface area contributed by atoms with E-state index in [1.165, 1.54) is 15.9 Å². The fourth-order valence-electron chi connectivity index (χ4n) is 2.58. The maximum atomic E-state index is 12.1. The lowest BCUT2D eigenvalue weighted by Crippen LogP contribution is -2.42. The highest BCUT2D eigenvalue weighted by molar-refractivity contribution is 7.16. The molecule has 3 rings (SSSR count). The summed E-state index contributed by atoms with van der Waals surface area (Å²) in [6.45, 7) is 4.62. The third kappa shape index (κ3) is 2.74. The third-order valence-electron chi connectivity index (χ3n) is 3.57. The van der Waals surface area contributed by atoms with Crippen molar-refractivity contribution in [1.29, 1.82) is 0 Å². The van der Waals surface area contributed by atoms with E-state index in [0.717, 1.165) is 43.1 Å².